The minimum Gasteiger partial charge on any atom is -0.478 e. The van der Waals surface area contributed by atoms with E-state index in [0.717, 1.165) is 12.5 Å². The molecule has 0 atom stereocenters. The van der Waals surface area contributed by atoms with Crippen LogP contribution >= 0.6 is 0 Å². The molecule has 0 spiro atoms. The third-order valence-corrected chi connectivity index (χ3v) is 3.43. The van der Waals surface area contributed by atoms with Crippen LogP contribution in [0.15, 0.2) is 61.2 Å². The number of hydrogen-bond donors (Lipinski definition) is 2. The van der Waals surface area contributed by atoms with E-state index >= 15 is 0 Å². The van der Waals surface area contributed by atoms with E-state index in [1.54, 1.807) is 6.92 Å². The van der Waals surface area contributed by atoms with Crippen molar-refractivity contribution < 1.29 is 19.8 Å². The quantitative estimate of drug-likeness (QED) is 0.601. The number of aryl methyl sites for hydroxylation is 2. The highest BCUT2D eigenvalue weighted by molar-refractivity contribution is 5.94. The zero-order valence-corrected chi connectivity index (χ0v) is 13.7. The Balaban J connectivity index is 0.000000243. The van der Waals surface area contributed by atoms with E-state index in [4.69, 9.17) is 10.2 Å². The van der Waals surface area contributed by atoms with Gasteiger partial charge in [-0.3, -0.25) is 0 Å². The molecule has 0 radical (unpaired) electrons. The minimum absolute atomic E-state index is 0.0111. The lowest BCUT2D eigenvalue weighted by atomic mass is 10.1. The van der Waals surface area contributed by atoms with Crippen molar-refractivity contribution in [1.29, 1.82) is 0 Å². The van der Waals surface area contributed by atoms with Crippen molar-refractivity contribution in [2.45, 2.75) is 26.2 Å². The van der Waals surface area contributed by atoms with Gasteiger partial charge in [0.1, 0.15) is 0 Å². The molecule has 126 valence electrons. The van der Waals surface area contributed by atoms with Crippen LogP contribution in [0.2, 0.25) is 0 Å². The lowest BCUT2D eigenvalue weighted by Crippen LogP contribution is -2.03. The van der Waals surface area contributed by atoms with Crippen molar-refractivity contribution in [1.82, 2.24) is 0 Å². The van der Waals surface area contributed by atoms with Gasteiger partial charge in [-0.15, -0.1) is 6.58 Å². The predicted octanol–water partition coefficient (Wildman–Crippen LogP) is 4.59. The smallest absolute Gasteiger partial charge is 0.335 e. The topological polar surface area (TPSA) is 74.6 Å². The fourth-order valence-corrected chi connectivity index (χ4v) is 2.08. The second kappa shape index (κ2) is 10.0. The molecule has 0 bridgehead atoms. The summed E-state index contributed by atoms with van der Waals surface area (Å²) >= 11 is 0. The Kier molecular flexibility index (Phi) is 7.99. The molecule has 0 heterocycles. The molecule has 0 saturated heterocycles. The van der Waals surface area contributed by atoms with Gasteiger partial charge < -0.3 is 10.2 Å². The highest BCUT2D eigenvalue weighted by Gasteiger charge is 2.10. The molecular formula is C20H22O4. The van der Waals surface area contributed by atoms with E-state index in [0.29, 0.717) is 5.56 Å². The molecule has 0 aliphatic heterocycles. The van der Waals surface area contributed by atoms with Gasteiger partial charge in [-0.1, -0.05) is 42.5 Å². The van der Waals surface area contributed by atoms with Crippen LogP contribution < -0.4 is 0 Å². The lowest BCUT2D eigenvalue weighted by Gasteiger charge is -2.01. The average molecular weight is 326 g/mol. The first-order valence-corrected chi connectivity index (χ1v) is 7.67. The highest BCUT2D eigenvalue weighted by atomic mass is 16.4. The Hall–Kier alpha value is -2.88. The lowest BCUT2D eigenvalue weighted by molar-refractivity contribution is 0.0695. The zero-order chi connectivity index (χ0) is 17.9. The average Bonchev–Trinajstić information content (AvgIpc) is 2.56. The minimum atomic E-state index is -1.12. The fraction of sp³-hybridized carbons (Fsp3) is 0.200. The highest BCUT2D eigenvalue weighted by Crippen LogP contribution is 2.11. The third kappa shape index (κ3) is 6.48. The van der Waals surface area contributed by atoms with E-state index in [2.05, 4.69) is 36.9 Å². The van der Waals surface area contributed by atoms with Crippen molar-refractivity contribution in [3.63, 3.8) is 0 Å². The monoisotopic (exact) mass is 326 g/mol. The third-order valence-electron chi connectivity index (χ3n) is 3.43. The molecular weight excluding hydrogens is 304 g/mol. The molecule has 2 N–H and O–H groups in total. The van der Waals surface area contributed by atoms with E-state index in [1.807, 2.05) is 6.08 Å². The molecule has 2 aromatic rings. The number of unbranched alkanes of at least 4 members (excludes halogenated alkanes) is 1. The van der Waals surface area contributed by atoms with Crippen molar-refractivity contribution in [3.05, 3.63) is 83.4 Å². The molecule has 2 aromatic carbocycles. The first-order chi connectivity index (χ1) is 11.5. The maximum Gasteiger partial charge on any atom is 0.335 e. The van der Waals surface area contributed by atoms with Crippen LogP contribution in [0.3, 0.4) is 0 Å². The summed E-state index contributed by atoms with van der Waals surface area (Å²) in [7, 11) is 0. The summed E-state index contributed by atoms with van der Waals surface area (Å²) < 4.78 is 0. The standard InChI is InChI=1S/C11H14.C9H8O4/c1-2-3-5-8-11-9-6-4-7-10-11;1-5-2-3-6(8(10)11)4-7(5)9(12)13/h2,4,6-7,9-10H,1,3,5,8H2;2-4H,1H3,(H,10,11)(H,12,13). The first-order valence-electron chi connectivity index (χ1n) is 7.67. The number of carboxylic acid groups (broad SMARTS) is 2. The van der Waals surface area contributed by atoms with Crippen molar-refractivity contribution >= 4 is 11.9 Å². The largest absolute Gasteiger partial charge is 0.478 e. The first kappa shape index (κ1) is 19.2. The van der Waals surface area contributed by atoms with Crippen molar-refractivity contribution in [2.24, 2.45) is 0 Å². The van der Waals surface area contributed by atoms with E-state index in [1.165, 1.54) is 30.5 Å². The van der Waals surface area contributed by atoms with Crippen LogP contribution in [0, 0.1) is 6.92 Å². The van der Waals surface area contributed by atoms with Crippen LogP contribution in [0.4, 0.5) is 0 Å². The Labute approximate surface area is 142 Å². The van der Waals surface area contributed by atoms with Gasteiger partial charge in [0.15, 0.2) is 0 Å². The second-order valence-corrected chi connectivity index (χ2v) is 5.31. The number of allylic oxidation sites excluding steroid dienone is 1. The van der Waals surface area contributed by atoms with E-state index < -0.39 is 11.9 Å². The normalized spacial score (nSPS) is 9.54. The van der Waals surface area contributed by atoms with Crippen LogP contribution in [-0.4, -0.2) is 22.2 Å². The summed E-state index contributed by atoms with van der Waals surface area (Å²) in [4.78, 5) is 21.1. The van der Waals surface area contributed by atoms with Gasteiger partial charge in [-0.2, -0.15) is 0 Å². The number of carbonyl (C=O) groups is 2. The fourth-order valence-electron chi connectivity index (χ4n) is 2.08. The van der Waals surface area contributed by atoms with Crippen LogP contribution in [0.1, 0.15) is 44.7 Å². The number of carboxylic acids is 2. The molecule has 4 nitrogen and oxygen atoms in total. The van der Waals surface area contributed by atoms with Gasteiger partial charge in [-0.25, -0.2) is 9.59 Å². The van der Waals surface area contributed by atoms with Gasteiger partial charge in [0.2, 0.25) is 0 Å². The SMILES string of the molecule is C=CCCCc1ccccc1.Cc1ccc(C(=O)O)cc1C(=O)O. The summed E-state index contributed by atoms with van der Waals surface area (Å²) in [5, 5.41) is 17.3. The molecule has 2 rings (SSSR count). The Morgan fingerprint density at radius 3 is 2.25 bits per heavy atom. The molecule has 0 fully saturated rings. The van der Waals surface area contributed by atoms with Crippen molar-refractivity contribution in [2.75, 3.05) is 0 Å². The maximum absolute atomic E-state index is 10.6. The number of benzene rings is 2. The van der Waals surface area contributed by atoms with Crippen LogP contribution in [-0.2, 0) is 6.42 Å². The Bertz CT molecular complexity index is 690. The summed E-state index contributed by atoms with van der Waals surface area (Å²) in [5.41, 5.74) is 2.00. The van der Waals surface area contributed by atoms with Crippen molar-refractivity contribution in [3.8, 4) is 0 Å². The predicted molar refractivity (Wildman–Crippen MR) is 94.7 cm³/mol. The summed E-state index contributed by atoms with van der Waals surface area (Å²) in [5.74, 6) is -2.23. The molecule has 0 aliphatic rings. The molecule has 0 unspecified atom stereocenters. The number of aromatic carboxylic acids is 2. The van der Waals surface area contributed by atoms with Gasteiger partial charge in [0.25, 0.3) is 0 Å². The van der Waals surface area contributed by atoms with Gasteiger partial charge in [0.05, 0.1) is 11.1 Å². The van der Waals surface area contributed by atoms with Crippen LogP contribution in [0.5, 0.6) is 0 Å². The van der Waals surface area contributed by atoms with Gasteiger partial charge >= 0.3 is 11.9 Å². The molecule has 0 aliphatic carbocycles. The molecule has 0 aromatic heterocycles. The second-order valence-electron chi connectivity index (χ2n) is 5.31. The Morgan fingerprint density at radius 2 is 1.71 bits per heavy atom. The van der Waals surface area contributed by atoms with E-state index in [9.17, 15) is 9.59 Å². The van der Waals surface area contributed by atoms with Gasteiger partial charge in [-0.05, 0) is 49.4 Å². The summed E-state index contributed by atoms with van der Waals surface area (Å²) in [6.07, 6.45) is 5.48. The Morgan fingerprint density at radius 1 is 1.04 bits per heavy atom. The number of rotatable bonds is 6. The maximum atomic E-state index is 10.6. The summed E-state index contributed by atoms with van der Waals surface area (Å²) in [6, 6.07) is 14.6. The molecule has 24 heavy (non-hydrogen) atoms. The molecule has 0 amide bonds. The molecule has 0 saturated carbocycles. The van der Waals surface area contributed by atoms with E-state index in [-0.39, 0.29) is 11.1 Å². The summed E-state index contributed by atoms with van der Waals surface area (Å²) in [6.45, 7) is 5.31. The van der Waals surface area contributed by atoms with Crippen LogP contribution in [0.25, 0.3) is 0 Å². The number of hydrogen-bond acceptors (Lipinski definition) is 2. The zero-order valence-electron chi connectivity index (χ0n) is 13.7. The van der Waals surface area contributed by atoms with Gasteiger partial charge in [0, 0.05) is 0 Å². The molecule has 4 heteroatoms.